The second-order valence-corrected chi connectivity index (χ2v) is 4.56. The Balaban J connectivity index is -0.000000135. The lowest BCUT2D eigenvalue weighted by Gasteiger charge is -2.20. The van der Waals surface area contributed by atoms with E-state index in [2.05, 4.69) is 4.74 Å². The van der Waals surface area contributed by atoms with Crippen LogP contribution in [0, 0.1) is 17.8 Å². The van der Waals surface area contributed by atoms with Crippen LogP contribution in [0.25, 0.3) is 0 Å². The van der Waals surface area contributed by atoms with Crippen LogP contribution in [0.4, 0.5) is 0 Å². The standard InChI is InChI=1S/C13H20O5.6CH4/c1-4-6-7-9(12(15)17-5-2)10-8(3)11(14)18-13(10)16;;;;;;/h8-10H,4-7H2,1-3H3;6*1H4. The number of hydrogen-bond donors (Lipinski definition) is 0. The zero-order valence-corrected chi connectivity index (χ0v) is 11.1. The predicted molar refractivity (Wildman–Crippen MR) is 104 cm³/mol. The molecule has 0 N–H and O–H groups in total. The maximum Gasteiger partial charge on any atom is 0.318 e. The van der Waals surface area contributed by atoms with Crippen LogP contribution < -0.4 is 0 Å². The molecule has 1 saturated heterocycles. The van der Waals surface area contributed by atoms with E-state index in [-0.39, 0.29) is 51.2 Å². The van der Waals surface area contributed by atoms with Crippen LogP contribution in [0.2, 0.25) is 0 Å². The van der Waals surface area contributed by atoms with Gasteiger partial charge in [0, 0.05) is 0 Å². The molecular formula is C19H44O5. The molecule has 1 heterocycles. The number of esters is 3. The van der Waals surface area contributed by atoms with Gasteiger partial charge in [0.2, 0.25) is 0 Å². The molecule has 0 aromatic heterocycles. The molecule has 1 aliphatic rings. The molecule has 3 atom stereocenters. The van der Waals surface area contributed by atoms with Crippen LogP contribution in [-0.4, -0.2) is 24.5 Å². The lowest BCUT2D eigenvalue weighted by molar-refractivity contribution is -0.158. The number of ether oxygens (including phenoxy) is 2. The summed E-state index contributed by atoms with van der Waals surface area (Å²) in [6.45, 7) is 5.61. The zero-order valence-electron chi connectivity index (χ0n) is 11.1. The monoisotopic (exact) mass is 352 g/mol. The highest BCUT2D eigenvalue weighted by atomic mass is 16.6. The van der Waals surface area contributed by atoms with Crippen LogP contribution in [-0.2, 0) is 23.9 Å². The van der Waals surface area contributed by atoms with Gasteiger partial charge >= 0.3 is 17.9 Å². The first kappa shape index (κ1) is 38.3. The van der Waals surface area contributed by atoms with Crippen LogP contribution in [0.5, 0.6) is 0 Å². The summed E-state index contributed by atoms with van der Waals surface area (Å²) < 4.78 is 9.58. The third-order valence-corrected chi connectivity index (χ3v) is 3.28. The SMILES string of the molecule is C.C.C.C.C.C.CCCCC(C(=O)OCC)C1C(=O)OC(=O)C1C. The molecule has 0 radical (unpaired) electrons. The molecule has 0 spiro atoms. The number of carbonyl (C=O) groups is 3. The van der Waals surface area contributed by atoms with Gasteiger partial charge in [0.05, 0.1) is 24.4 Å². The first-order chi connectivity index (χ1) is 8.52. The van der Waals surface area contributed by atoms with Crippen molar-refractivity contribution in [1.82, 2.24) is 0 Å². The third-order valence-electron chi connectivity index (χ3n) is 3.28. The molecule has 1 fully saturated rings. The topological polar surface area (TPSA) is 69.7 Å². The summed E-state index contributed by atoms with van der Waals surface area (Å²) in [7, 11) is 0. The van der Waals surface area contributed by atoms with E-state index in [9.17, 15) is 14.4 Å². The van der Waals surface area contributed by atoms with E-state index in [4.69, 9.17) is 4.74 Å². The number of carbonyl (C=O) groups excluding carboxylic acids is 3. The minimum absolute atomic E-state index is 0. The summed E-state index contributed by atoms with van der Waals surface area (Å²) in [6.07, 6.45) is 2.28. The third kappa shape index (κ3) is 9.04. The first-order valence-corrected chi connectivity index (χ1v) is 6.45. The van der Waals surface area contributed by atoms with E-state index >= 15 is 0 Å². The molecule has 0 saturated carbocycles. The van der Waals surface area contributed by atoms with Crippen molar-refractivity contribution in [1.29, 1.82) is 0 Å². The average Bonchev–Trinajstić information content (AvgIpc) is 2.56. The fourth-order valence-corrected chi connectivity index (χ4v) is 2.24. The smallest absolute Gasteiger partial charge is 0.318 e. The van der Waals surface area contributed by atoms with Gasteiger partial charge < -0.3 is 9.47 Å². The highest BCUT2D eigenvalue weighted by molar-refractivity contribution is 5.98. The molecule has 0 aliphatic carbocycles. The van der Waals surface area contributed by atoms with Crippen molar-refractivity contribution in [2.24, 2.45) is 17.8 Å². The first-order valence-electron chi connectivity index (χ1n) is 6.45. The van der Waals surface area contributed by atoms with Gasteiger partial charge in [-0.2, -0.15) is 0 Å². The molecule has 24 heavy (non-hydrogen) atoms. The normalized spacial score (nSPS) is 18.6. The second-order valence-electron chi connectivity index (χ2n) is 4.56. The minimum Gasteiger partial charge on any atom is -0.466 e. The van der Waals surface area contributed by atoms with Gasteiger partial charge in [-0.25, -0.2) is 0 Å². The maximum atomic E-state index is 11.9. The van der Waals surface area contributed by atoms with Gasteiger partial charge in [-0.1, -0.05) is 71.2 Å². The van der Waals surface area contributed by atoms with E-state index in [1.165, 1.54) is 0 Å². The second kappa shape index (κ2) is 18.0. The number of unbranched alkanes of at least 4 members (excludes halogenated alkanes) is 1. The predicted octanol–water partition coefficient (Wildman–Crippen LogP) is 5.51. The molecule has 0 aromatic carbocycles. The number of hydrogen-bond acceptors (Lipinski definition) is 5. The molecule has 0 amide bonds. The Morgan fingerprint density at radius 2 is 1.54 bits per heavy atom. The van der Waals surface area contributed by atoms with Gasteiger partial charge in [0.25, 0.3) is 0 Å². The van der Waals surface area contributed by atoms with E-state index in [1.54, 1.807) is 13.8 Å². The lowest BCUT2D eigenvalue weighted by Crippen LogP contribution is -2.32. The Labute approximate surface area is 151 Å². The average molecular weight is 353 g/mol. The summed E-state index contributed by atoms with van der Waals surface area (Å²) in [6, 6.07) is 0. The van der Waals surface area contributed by atoms with E-state index in [1.807, 2.05) is 6.92 Å². The summed E-state index contributed by atoms with van der Waals surface area (Å²) in [5.74, 6) is -3.38. The summed E-state index contributed by atoms with van der Waals surface area (Å²) in [5, 5.41) is 0. The van der Waals surface area contributed by atoms with Gasteiger partial charge in [0.15, 0.2) is 0 Å². The highest BCUT2D eigenvalue weighted by Crippen LogP contribution is 2.33. The molecule has 3 unspecified atom stereocenters. The fourth-order valence-electron chi connectivity index (χ4n) is 2.24. The molecule has 5 nitrogen and oxygen atoms in total. The Morgan fingerprint density at radius 1 is 1.04 bits per heavy atom. The Bertz CT molecular complexity index is 339. The minimum atomic E-state index is -0.692. The number of rotatable bonds is 6. The van der Waals surface area contributed by atoms with E-state index in [0.717, 1.165) is 12.8 Å². The van der Waals surface area contributed by atoms with Crippen molar-refractivity contribution in [3.8, 4) is 0 Å². The van der Waals surface area contributed by atoms with Crippen LogP contribution in [0.1, 0.15) is 84.6 Å². The summed E-state index contributed by atoms with van der Waals surface area (Å²) in [5.41, 5.74) is 0. The molecule has 1 aliphatic heterocycles. The van der Waals surface area contributed by atoms with Crippen molar-refractivity contribution in [2.75, 3.05) is 6.61 Å². The fraction of sp³-hybridized carbons (Fsp3) is 0.842. The Kier molecular flexibility index (Phi) is 28.6. The lowest BCUT2D eigenvalue weighted by atomic mass is 9.81. The van der Waals surface area contributed by atoms with Crippen molar-refractivity contribution in [2.45, 2.75) is 84.6 Å². The van der Waals surface area contributed by atoms with Gasteiger partial charge in [-0.3, -0.25) is 14.4 Å². The summed E-state index contributed by atoms with van der Waals surface area (Å²) >= 11 is 0. The van der Waals surface area contributed by atoms with Crippen molar-refractivity contribution in [3.05, 3.63) is 0 Å². The van der Waals surface area contributed by atoms with Gasteiger partial charge in [-0.05, 0) is 13.3 Å². The molecule has 1 rings (SSSR count). The quantitative estimate of drug-likeness (QED) is 0.466. The Hall–Kier alpha value is -1.39. The van der Waals surface area contributed by atoms with E-state index < -0.39 is 35.7 Å². The molecular weight excluding hydrogens is 308 g/mol. The summed E-state index contributed by atoms with van der Waals surface area (Å²) in [4.78, 5) is 34.9. The van der Waals surface area contributed by atoms with Crippen LogP contribution in [0.15, 0.2) is 0 Å². The maximum absolute atomic E-state index is 11.9. The zero-order chi connectivity index (χ0) is 13.7. The Morgan fingerprint density at radius 3 is 1.88 bits per heavy atom. The van der Waals surface area contributed by atoms with Crippen molar-refractivity contribution < 1.29 is 23.9 Å². The number of cyclic esters (lactones) is 2. The highest BCUT2D eigenvalue weighted by Gasteiger charge is 2.48. The largest absolute Gasteiger partial charge is 0.466 e. The van der Waals surface area contributed by atoms with Gasteiger partial charge in [-0.15, -0.1) is 0 Å². The van der Waals surface area contributed by atoms with E-state index in [0.29, 0.717) is 6.42 Å². The molecule has 0 bridgehead atoms. The van der Waals surface area contributed by atoms with Crippen LogP contribution >= 0.6 is 0 Å². The molecule has 150 valence electrons. The van der Waals surface area contributed by atoms with Gasteiger partial charge in [0.1, 0.15) is 0 Å². The van der Waals surface area contributed by atoms with Crippen molar-refractivity contribution >= 4 is 17.9 Å². The molecule has 5 heteroatoms. The van der Waals surface area contributed by atoms with Crippen LogP contribution in [0.3, 0.4) is 0 Å². The van der Waals surface area contributed by atoms with Crippen molar-refractivity contribution in [3.63, 3.8) is 0 Å². The molecule has 0 aromatic rings.